The second kappa shape index (κ2) is 5.16. The van der Waals surface area contributed by atoms with Crippen molar-refractivity contribution in [1.82, 2.24) is 0 Å². The maximum atomic E-state index is 12.7. The van der Waals surface area contributed by atoms with E-state index in [0.717, 1.165) is 12.1 Å². The van der Waals surface area contributed by atoms with E-state index in [0.29, 0.717) is 26.2 Å². The smallest absolute Gasteiger partial charge is 0.360 e. The average molecular weight is 299 g/mol. The number of anilines is 1. The van der Waals surface area contributed by atoms with Gasteiger partial charge in [-0.05, 0) is 18.2 Å². The third kappa shape index (κ3) is 3.36. The first-order valence-corrected chi connectivity index (χ1v) is 6.04. The molecule has 0 aromatic heterocycles. The molecule has 20 heavy (non-hydrogen) atoms. The van der Waals surface area contributed by atoms with E-state index in [1.54, 1.807) is 4.90 Å². The lowest BCUT2D eigenvalue weighted by molar-refractivity contribution is -0.655. The Kier molecular flexibility index (Phi) is 3.86. The summed E-state index contributed by atoms with van der Waals surface area (Å²) in [6, 6.07) is 1.71. The average Bonchev–Trinajstić information content (AvgIpc) is 2.37. The SMILES string of the molecule is FC(F)(F)c1cc(N2CC[NH2+]CC2)cc(C(F)(F)F)c1. The van der Waals surface area contributed by atoms with E-state index in [1.165, 1.54) is 0 Å². The van der Waals surface area contributed by atoms with Crippen LogP contribution in [-0.4, -0.2) is 26.2 Å². The summed E-state index contributed by atoms with van der Waals surface area (Å²) >= 11 is 0. The Labute approximate surface area is 111 Å². The van der Waals surface area contributed by atoms with E-state index < -0.39 is 23.5 Å². The predicted octanol–water partition coefficient (Wildman–Crippen LogP) is 2.11. The number of rotatable bonds is 1. The van der Waals surface area contributed by atoms with Crippen molar-refractivity contribution in [2.45, 2.75) is 12.4 Å². The fourth-order valence-electron chi connectivity index (χ4n) is 2.13. The first-order valence-electron chi connectivity index (χ1n) is 6.04. The zero-order chi connectivity index (χ0) is 15.0. The number of nitrogens with zero attached hydrogens (tertiary/aromatic N) is 1. The first-order chi connectivity index (χ1) is 9.18. The first kappa shape index (κ1) is 15.0. The lowest BCUT2D eigenvalue weighted by atomic mass is 10.1. The van der Waals surface area contributed by atoms with Gasteiger partial charge >= 0.3 is 12.4 Å². The van der Waals surface area contributed by atoms with Crippen LogP contribution < -0.4 is 10.2 Å². The van der Waals surface area contributed by atoms with Crippen LogP contribution >= 0.6 is 0 Å². The molecule has 1 heterocycles. The van der Waals surface area contributed by atoms with Crippen molar-refractivity contribution in [1.29, 1.82) is 0 Å². The summed E-state index contributed by atoms with van der Waals surface area (Å²) in [6.45, 7) is 2.16. The van der Waals surface area contributed by atoms with Crippen LogP contribution in [0.4, 0.5) is 32.0 Å². The van der Waals surface area contributed by atoms with Gasteiger partial charge in [0.15, 0.2) is 0 Å². The van der Waals surface area contributed by atoms with Crippen molar-refractivity contribution < 1.29 is 31.7 Å². The van der Waals surface area contributed by atoms with Gasteiger partial charge in [-0.1, -0.05) is 0 Å². The Bertz CT molecular complexity index is 442. The van der Waals surface area contributed by atoms with Crippen molar-refractivity contribution in [2.24, 2.45) is 0 Å². The van der Waals surface area contributed by atoms with Crippen molar-refractivity contribution in [3.63, 3.8) is 0 Å². The summed E-state index contributed by atoms with van der Waals surface area (Å²) in [7, 11) is 0. The highest BCUT2D eigenvalue weighted by molar-refractivity contribution is 5.52. The van der Waals surface area contributed by atoms with Crippen LogP contribution in [0, 0.1) is 0 Å². The zero-order valence-corrected chi connectivity index (χ0v) is 10.4. The van der Waals surface area contributed by atoms with Crippen molar-refractivity contribution in [3.8, 4) is 0 Å². The number of hydrogen-bond acceptors (Lipinski definition) is 1. The standard InChI is InChI=1S/C12H12F6N2/c13-11(14,15)8-5-9(12(16,17)18)7-10(6-8)20-3-1-19-2-4-20/h5-7,19H,1-4H2/p+1. The molecular weight excluding hydrogens is 286 g/mol. The van der Waals surface area contributed by atoms with E-state index in [4.69, 9.17) is 0 Å². The topological polar surface area (TPSA) is 19.9 Å². The summed E-state index contributed by atoms with van der Waals surface area (Å²) < 4.78 is 76.3. The van der Waals surface area contributed by atoms with E-state index in [2.05, 4.69) is 0 Å². The van der Waals surface area contributed by atoms with Crippen molar-refractivity contribution in [3.05, 3.63) is 29.3 Å². The molecule has 0 unspecified atom stereocenters. The maximum Gasteiger partial charge on any atom is 0.416 e. The minimum Gasteiger partial charge on any atom is -0.360 e. The van der Waals surface area contributed by atoms with Gasteiger partial charge in [0.25, 0.3) is 0 Å². The van der Waals surface area contributed by atoms with E-state index >= 15 is 0 Å². The van der Waals surface area contributed by atoms with Gasteiger partial charge < -0.3 is 10.2 Å². The molecule has 2 N–H and O–H groups in total. The Balaban J connectivity index is 2.45. The highest BCUT2D eigenvalue weighted by atomic mass is 19.4. The molecule has 0 bridgehead atoms. The number of nitrogens with two attached hydrogens (primary N) is 1. The molecule has 1 aliphatic heterocycles. The van der Waals surface area contributed by atoms with Gasteiger partial charge in [-0.25, -0.2) is 0 Å². The van der Waals surface area contributed by atoms with E-state index in [1.807, 2.05) is 5.32 Å². The van der Waals surface area contributed by atoms with E-state index in [9.17, 15) is 26.3 Å². The van der Waals surface area contributed by atoms with Crippen LogP contribution in [0.5, 0.6) is 0 Å². The van der Waals surface area contributed by atoms with Gasteiger partial charge in [0.05, 0.1) is 37.3 Å². The molecule has 1 aromatic carbocycles. The predicted molar refractivity (Wildman–Crippen MR) is 60.3 cm³/mol. The van der Waals surface area contributed by atoms with Crippen molar-refractivity contribution in [2.75, 3.05) is 31.1 Å². The minimum atomic E-state index is -4.79. The fourth-order valence-corrected chi connectivity index (χ4v) is 2.13. The van der Waals surface area contributed by atoms with Gasteiger partial charge in [-0.15, -0.1) is 0 Å². The molecule has 0 radical (unpaired) electrons. The summed E-state index contributed by atoms with van der Waals surface area (Å²) in [5.74, 6) is 0. The Morgan fingerprint density at radius 2 is 1.25 bits per heavy atom. The molecule has 1 aromatic rings. The number of halogens is 6. The minimum absolute atomic E-state index is 0.0275. The fraction of sp³-hybridized carbons (Fsp3) is 0.500. The maximum absolute atomic E-state index is 12.7. The zero-order valence-electron chi connectivity index (χ0n) is 10.4. The number of hydrogen-bond donors (Lipinski definition) is 1. The van der Waals surface area contributed by atoms with Crippen LogP contribution in [0.1, 0.15) is 11.1 Å². The lowest BCUT2D eigenvalue weighted by Gasteiger charge is -2.28. The highest BCUT2D eigenvalue weighted by Crippen LogP contribution is 2.38. The molecule has 0 saturated carbocycles. The summed E-state index contributed by atoms with van der Waals surface area (Å²) in [5.41, 5.74) is -2.56. The van der Waals surface area contributed by atoms with Gasteiger partial charge in [0.2, 0.25) is 0 Å². The molecule has 0 amide bonds. The molecule has 112 valence electrons. The van der Waals surface area contributed by atoms with Gasteiger partial charge in [-0.3, -0.25) is 0 Å². The molecular formula is C12H13F6N2+. The van der Waals surface area contributed by atoms with Gasteiger partial charge in [0, 0.05) is 5.69 Å². The van der Waals surface area contributed by atoms with Crippen LogP contribution in [0.3, 0.4) is 0 Å². The van der Waals surface area contributed by atoms with Gasteiger partial charge in [-0.2, -0.15) is 26.3 Å². The molecule has 1 saturated heterocycles. The Morgan fingerprint density at radius 3 is 1.65 bits per heavy atom. The molecule has 0 aliphatic carbocycles. The molecule has 0 atom stereocenters. The largest absolute Gasteiger partial charge is 0.416 e. The Morgan fingerprint density at radius 1 is 0.800 bits per heavy atom. The normalized spacial score (nSPS) is 17.4. The molecule has 0 spiro atoms. The second-order valence-corrected chi connectivity index (χ2v) is 4.62. The second-order valence-electron chi connectivity index (χ2n) is 4.62. The number of piperazine rings is 1. The Hall–Kier alpha value is -1.44. The summed E-state index contributed by atoms with van der Waals surface area (Å²) in [6.07, 6.45) is -9.59. The number of quaternary nitrogens is 1. The van der Waals surface area contributed by atoms with Gasteiger partial charge in [0.1, 0.15) is 0 Å². The number of alkyl halides is 6. The van der Waals surface area contributed by atoms with Crippen LogP contribution in [0.25, 0.3) is 0 Å². The van der Waals surface area contributed by atoms with Crippen LogP contribution in [0.15, 0.2) is 18.2 Å². The quantitative estimate of drug-likeness (QED) is 0.787. The van der Waals surface area contributed by atoms with Crippen LogP contribution in [0.2, 0.25) is 0 Å². The molecule has 2 rings (SSSR count). The van der Waals surface area contributed by atoms with Crippen molar-refractivity contribution >= 4 is 5.69 Å². The molecule has 1 fully saturated rings. The molecule has 8 heteroatoms. The van der Waals surface area contributed by atoms with Crippen LogP contribution in [-0.2, 0) is 12.4 Å². The third-order valence-electron chi connectivity index (χ3n) is 3.14. The lowest BCUT2D eigenvalue weighted by Crippen LogP contribution is -2.89. The monoisotopic (exact) mass is 299 g/mol. The number of benzene rings is 1. The summed E-state index contributed by atoms with van der Waals surface area (Å²) in [5, 5.41) is 1.97. The summed E-state index contributed by atoms with van der Waals surface area (Å²) in [4.78, 5) is 1.55. The molecule has 2 nitrogen and oxygen atoms in total. The third-order valence-corrected chi connectivity index (χ3v) is 3.14. The van der Waals surface area contributed by atoms with E-state index in [-0.39, 0.29) is 11.8 Å². The molecule has 1 aliphatic rings. The highest BCUT2D eigenvalue weighted by Gasteiger charge is 2.37.